The van der Waals surface area contributed by atoms with Crippen LogP contribution in [0, 0.1) is 0 Å². The molecule has 0 aromatic heterocycles. The lowest BCUT2D eigenvalue weighted by Crippen LogP contribution is -2.26. The Morgan fingerprint density at radius 3 is 2.60 bits per heavy atom. The molecule has 84 valence electrons. The number of hydrogen-bond donors (Lipinski definition) is 1. The van der Waals surface area contributed by atoms with Gasteiger partial charge in [0.25, 0.3) is 0 Å². The van der Waals surface area contributed by atoms with E-state index in [0.29, 0.717) is 0 Å². The van der Waals surface area contributed by atoms with Crippen LogP contribution in [0.4, 0.5) is 0 Å². The van der Waals surface area contributed by atoms with Crippen LogP contribution in [0.15, 0.2) is 24.3 Å². The molecule has 1 aromatic carbocycles. The van der Waals surface area contributed by atoms with E-state index in [9.17, 15) is 0 Å². The van der Waals surface area contributed by atoms with Crippen LogP contribution in [-0.4, -0.2) is 5.60 Å². The van der Waals surface area contributed by atoms with Crippen molar-refractivity contribution in [3.8, 4) is 5.75 Å². The lowest BCUT2D eigenvalue weighted by Gasteiger charge is -2.25. The lowest BCUT2D eigenvalue weighted by atomic mass is 10.1. The van der Waals surface area contributed by atoms with Crippen LogP contribution in [0.25, 0.3) is 0 Å². The summed E-state index contributed by atoms with van der Waals surface area (Å²) >= 11 is 0. The molecule has 0 bridgehead atoms. The average molecular weight is 207 g/mol. The molecule has 2 N–H and O–H groups in total. The fourth-order valence-electron chi connectivity index (χ4n) is 1.25. The lowest BCUT2D eigenvalue weighted by molar-refractivity contribution is 0.105. The van der Waals surface area contributed by atoms with Crippen molar-refractivity contribution in [2.24, 2.45) is 5.73 Å². The first-order valence-corrected chi connectivity index (χ1v) is 5.49. The van der Waals surface area contributed by atoms with Gasteiger partial charge in [0.15, 0.2) is 0 Å². The highest BCUT2D eigenvalue weighted by molar-refractivity contribution is 5.30. The summed E-state index contributed by atoms with van der Waals surface area (Å²) in [7, 11) is 0. The summed E-state index contributed by atoms with van der Waals surface area (Å²) in [4.78, 5) is 0. The minimum atomic E-state index is -0.115. The Balaban J connectivity index is 2.82. The molecule has 0 aliphatic heterocycles. The molecular weight excluding hydrogens is 186 g/mol. The fraction of sp³-hybridized carbons (Fsp3) is 0.538. The van der Waals surface area contributed by atoms with Crippen LogP contribution >= 0.6 is 0 Å². The van der Waals surface area contributed by atoms with Crippen LogP contribution < -0.4 is 10.5 Å². The molecule has 0 heterocycles. The second-order valence-corrected chi connectivity index (χ2v) is 4.58. The van der Waals surface area contributed by atoms with Gasteiger partial charge in [0.05, 0.1) is 0 Å². The molecule has 0 amide bonds. The highest BCUT2D eigenvalue weighted by Gasteiger charge is 2.16. The average Bonchev–Trinajstić information content (AvgIpc) is 2.17. The van der Waals surface area contributed by atoms with E-state index < -0.39 is 0 Å². The van der Waals surface area contributed by atoms with Gasteiger partial charge in [-0.1, -0.05) is 19.1 Å². The predicted molar refractivity (Wildman–Crippen MR) is 64.0 cm³/mol. The van der Waals surface area contributed by atoms with E-state index in [1.54, 1.807) is 0 Å². The van der Waals surface area contributed by atoms with Crippen LogP contribution in [0.2, 0.25) is 0 Å². The molecule has 15 heavy (non-hydrogen) atoms. The first-order chi connectivity index (χ1) is 6.94. The summed E-state index contributed by atoms with van der Waals surface area (Å²) in [6.45, 7) is 8.27. The molecule has 1 unspecified atom stereocenters. The summed E-state index contributed by atoms with van der Waals surface area (Å²) in [6.07, 6.45) is 0.982. The Morgan fingerprint density at radius 2 is 2.07 bits per heavy atom. The second kappa shape index (κ2) is 4.67. The van der Waals surface area contributed by atoms with Crippen molar-refractivity contribution in [3.05, 3.63) is 29.8 Å². The Kier molecular flexibility index (Phi) is 3.75. The van der Waals surface area contributed by atoms with E-state index in [1.807, 2.05) is 31.2 Å². The topological polar surface area (TPSA) is 35.2 Å². The Morgan fingerprint density at radius 1 is 1.40 bits per heavy atom. The van der Waals surface area contributed by atoms with Crippen LogP contribution in [0.1, 0.15) is 45.7 Å². The van der Waals surface area contributed by atoms with E-state index in [1.165, 1.54) is 0 Å². The summed E-state index contributed by atoms with van der Waals surface area (Å²) in [5.74, 6) is 0.900. The standard InChI is InChI=1S/C13H21NO/c1-5-13(3,4)15-12-8-6-7-11(9-12)10(2)14/h6-10H,5,14H2,1-4H3. The summed E-state index contributed by atoms with van der Waals surface area (Å²) in [5.41, 5.74) is 6.82. The summed E-state index contributed by atoms with van der Waals surface area (Å²) < 4.78 is 5.89. The van der Waals surface area contributed by atoms with Crippen LogP contribution in [-0.2, 0) is 0 Å². The number of hydrogen-bond acceptors (Lipinski definition) is 2. The number of ether oxygens (including phenoxy) is 1. The fourth-order valence-corrected chi connectivity index (χ4v) is 1.25. The van der Waals surface area contributed by atoms with Gasteiger partial charge in [0.2, 0.25) is 0 Å². The van der Waals surface area contributed by atoms with Crippen molar-refractivity contribution in [1.82, 2.24) is 0 Å². The van der Waals surface area contributed by atoms with Gasteiger partial charge in [0.1, 0.15) is 11.4 Å². The first kappa shape index (κ1) is 12.1. The highest BCUT2D eigenvalue weighted by Crippen LogP contribution is 2.23. The van der Waals surface area contributed by atoms with E-state index in [2.05, 4.69) is 20.8 Å². The van der Waals surface area contributed by atoms with Crippen molar-refractivity contribution < 1.29 is 4.74 Å². The molecular formula is C13H21NO. The normalized spacial score (nSPS) is 13.7. The van der Waals surface area contributed by atoms with Gasteiger partial charge in [-0.3, -0.25) is 0 Å². The molecule has 0 spiro atoms. The van der Waals surface area contributed by atoms with Gasteiger partial charge in [-0.2, -0.15) is 0 Å². The van der Waals surface area contributed by atoms with E-state index in [-0.39, 0.29) is 11.6 Å². The van der Waals surface area contributed by atoms with Crippen molar-refractivity contribution in [1.29, 1.82) is 0 Å². The van der Waals surface area contributed by atoms with E-state index in [4.69, 9.17) is 10.5 Å². The zero-order valence-corrected chi connectivity index (χ0v) is 10.1. The minimum absolute atomic E-state index is 0.0540. The number of benzene rings is 1. The molecule has 2 nitrogen and oxygen atoms in total. The molecule has 0 aliphatic rings. The Hall–Kier alpha value is -1.02. The third-order valence-electron chi connectivity index (χ3n) is 2.63. The molecule has 2 heteroatoms. The monoisotopic (exact) mass is 207 g/mol. The minimum Gasteiger partial charge on any atom is -0.488 e. The smallest absolute Gasteiger partial charge is 0.120 e. The third kappa shape index (κ3) is 3.56. The van der Waals surface area contributed by atoms with Crippen molar-refractivity contribution in [2.75, 3.05) is 0 Å². The molecule has 1 rings (SSSR count). The van der Waals surface area contributed by atoms with Crippen molar-refractivity contribution >= 4 is 0 Å². The summed E-state index contributed by atoms with van der Waals surface area (Å²) in [6, 6.07) is 8.06. The SMILES string of the molecule is CCC(C)(C)Oc1cccc(C(C)N)c1. The van der Waals surface area contributed by atoms with Gasteiger partial charge < -0.3 is 10.5 Å². The molecule has 0 saturated carbocycles. The van der Waals surface area contributed by atoms with E-state index in [0.717, 1.165) is 17.7 Å². The molecule has 1 aromatic rings. The zero-order valence-electron chi connectivity index (χ0n) is 10.1. The van der Waals surface area contributed by atoms with Gasteiger partial charge in [-0.05, 0) is 44.9 Å². The molecule has 0 radical (unpaired) electrons. The van der Waals surface area contributed by atoms with Crippen LogP contribution in [0.5, 0.6) is 5.75 Å². The van der Waals surface area contributed by atoms with E-state index >= 15 is 0 Å². The maximum Gasteiger partial charge on any atom is 0.120 e. The van der Waals surface area contributed by atoms with Gasteiger partial charge in [-0.25, -0.2) is 0 Å². The predicted octanol–water partition coefficient (Wildman–Crippen LogP) is 3.27. The third-order valence-corrected chi connectivity index (χ3v) is 2.63. The van der Waals surface area contributed by atoms with Crippen LogP contribution in [0.3, 0.4) is 0 Å². The van der Waals surface area contributed by atoms with Crippen molar-refractivity contribution in [3.63, 3.8) is 0 Å². The molecule has 0 fully saturated rings. The van der Waals surface area contributed by atoms with Gasteiger partial charge in [-0.15, -0.1) is 0 Å². The molecule has 1 atom stereocenters. The quantitative estimate of drug-likeness (QED) is 0.822. The van der Waals surface area contributed by atoms with Gasteiger partial charge in [0, 0.05) is 6.04 Å². The summed E-state index contributed by atoms with van der Waals surface area (Å²) in [5, 5.41) is 0. The largest absolute Gasteiger partial charge is 0.488 e. The maximum atomic E-state index is 5.89. The highest BCUT2D eigenvalue weighted by atomic mass is 16.5. The molecule has 0 aliphatic carbocycles. The first-order valence-electron chi connectivity index (χ1n) is 5.49. The number of rotatable bonds is 4. The van der Waals surface area contributed by atoms with Crippen molar-refractivity contribution in [2.45, 2.75) is 45.8 Å². The van der Waals surface area contributed by atoms with Gasteiger partial charge >= 0.3 is 0 Å². The number of nitrogens with two attached hydrogens (primary N) is 1. The zero-order chi connectivity index (χ0) is 11.5. The Bertz CT molecular complexity index is 318. The Labute approximate surface area is 92.4 Å². The second-order valence-electron chi connectivity index (χ2n) is 4.58. The molecule has 0 saturated heterocycles. The maximum absolute atomic E-state index is 5.89.